The minimum atomic E-state index is 0.334. The van der Waals surface area contributed by atoms with E-state index in [9.17, 15) is 0 Å². The molecule has 0 fully saturated rings. The summed E-state index contributed by atoms with van der Waals surface area (Å²) in [4.78, 5) is 5.54. The number of hydrogen-bond acceptors (Lipinski definition) is 4. The van der Waals surface area contributed by atoms with Crippen molar-refractivity contribution in [2.24, 2.45) is 7.05 Å². The third-order valence-corrected chi connectivity index (χ3v) is 3.67. The van der Waals surface area contributed by atoms with Gasteiger partial charge < -0.3 is 5.32 Å². The van der Waals surface area contributed by atoms with E-state index < -0.39 is 0 Å². The maximum atomic E-state index is 4.26. The lowest BCUT2D eigenvalue weighted by atomic mass is 10.3. The zero-order valence-electron chi connectivity index (χ0n) is 9.77. The zero-order chi connectivity index (χ0) is 11.5. The molecular formula is C11H16N4S. The van der Waals surface area contributed by atoms with Gasteiger partial charge in [0.15, 0.2) is 0 Å². The lowest BCUT2D eigenvalue weighted by Crippen LogP contribution is -2.19. The largest absolute Gasteiger partial charge is 0.304 e. The number of thiazole rings is 1. The van der Waals surface area contributed by atoms with Gasteiger partial charge in [-0.25, -0.2) is 4.98 Å². The Morgan fingerprint density at radius 2 is 2.38 bits per heavy atom. The Kier molecular flexibility index (Phi) is 3.36. The Bertz CT molecular complexity index is 460. The van der Waals surface area contributed by atoms with Crippen molar-refractivity contribution in [2.45, 2.75) is 26.4 Å². The molecule has 2 heterocycles. The van der Waals surface area contributed by atoms with Gasteiger partial charge in [0.1, 0.15) is 0 Å². The van der Waals surface area contributed by atoms with E-state index in [-0.39, 0.29) is 0 Å². The molecule has 1 unspecified atom stereocenters. The molecule has 1 atom stereocenters. The number of nitrogens with zero attached hydrogens (tertiary/aromatic N) is 3. The van der Waals surface area contributed by atoms with E-state index in [4.69, 9.17) is 0 Å². The van der Waals surface area contributed by atoms with E-state index >= 15 is 0 Å². The van der Waals surface area contributed by atoms with Gasteiger partial charge >= 0.3 is 0 Å². The van der Waals surface area contributed by atoms with E-state index in [1.807, 2.05) is 37.1 Å². The molecule has 2 rings (SSSR count). The van der Waals surface area contributed by atoms with Crippen LogP contribution in [0, 0.1) is 6.92 Å². The van der Waals surface area contributed by atoms with Crippen LogP contribution in [0.5, 0.6) is 0 Å². The summed E-state index contributed by atoms with van der Waals surface area (Å²) in [5, 5.41) is 8.72. The van der Waals surface area contributed by atoms with Crippen molar-refractivity contribution in [3.63, 3.8) is 0 Å². The first-order valence-electron chi connectivity index (χ1n) is 5.29. The van der Waals surface area contributed by atoms with Crippen LogP contribution in [-0.2, 0) is 13.6 Å². The second-order valence-electron chi connectivity index (χ2n) is 3.83. The smallest absolute Gasteiger partial charge is 0.0897 e. The van der Waals surface area contributed by atoms with Crippen LogP contribution in [0.1, 0.15) is 28.5 Å². The number of nitrogens with one attached hydrogen (secondary N) is 1. The Morgan fingerprint density at radius 3 is 2.94 bits per heavy atom. The molecule has 5 heteroatoms. The van der Waals surface area contributed by atoms with Crippen molar-refractivity contribution in [3.05, 3.63) is 34.0 Å². The van der Waals surface area contributed by atoms with Crippen molar-refractivity contribution in [1.82, 2.24) is 20.1 Å². The van der Waals surface area contributed by atoms with E-state index in [1.54, 1.807) is 11.3 Å². The fraction of sp³-hybridized carbons (Fsp3) is 0.455. The molecule has 0 aromatic carbocycles. The summed E-state index contributed by atoms with van der Waals surface area (Å²) in [7, 11) is 1.96. The lowest BCUT2D eigenvalue weighted by molar-refractivity contribution is 0.554. The lowest BCUT2D eigenvalue weighted by Gasteiger charge is -2.11. The Labute approximate surface area is 99.3 Å². The van der Waals surface area contributed by atoms with Crippen molar-refractivity contribution in [1.29, 1.82) is 0 Å². The third-order valence-electron chi connectivity index (χ3n) is 2.58. The van der Waals surface area contributed by atoms with Crippen molar-refractivity contribution in [3.8, 4) is 0 Å². The highest BCUT2D eigenvalue weighted by Crippen LogP contribution is 2.19. The first-order chi connectivity index (χ1) is 7.66. The highest BCUT2D eigenvalue weighted by atomic mass is 32.1. The van der Waals surface area contributed by atoms with Gasteiger partial charge in [-0.1, -0.05) is 0 Å². The zero-order valence-corrected chi connectivity index (χ0v) is 10.6. The maximum absolute atomic E-state index is 4.26. The highest BCUT2D eigenvalue weighted by molar-refractivity contribution is 7.11. The maximum Gasteiger partial charge on any atom is 0.0897 e. The molecule has 0 aliphatic heterocycles. The summed E-state index contributed by atoms with van der Waals surface area (Å²) in [6, 6.07) is 2.36. The van der Waals surface area contributed by atoms with Crippen molar-refractivity contribution >= 4 is 11.3 Å². The summed E-state index contributed by atoms with van der Waals surface area (Å²) in [5.41, 5.74) is 1.19. The molecular weight excluding hydrogens is 220 g/mol. The molecule has 0 radical (unpaired) electrons. The normalized spacial score (nSPS) is 12.9. The van der Waals surface area contributed by atoms with Crippen molar-refractivity contribution in [2.75, 3.05) is 0 Å². The molecule has 16 heavy (non-hydrogen) atoms. The first-order valence-corrected chi connectivity index (χ1v) is 6.11. The Hall–Kier alpha value is -1.20. The van der Waals surface area contributed by atoms with Crippen LogP contribution in [-0.4, -0.2) is 14.8 Å². The van der Waals surface area contributed by atoms with E-state index in [1.165, 1.54) is 10.6 Å². The van der Waals surface area contributed by atoms with Gasteiger partial charge in [0.25, 0.3) is 0 Å². The van der Waals surface area contributed by atoms with E-state index in [0.717, 1.165) is 11.6 Å². The molecule has 0 spiro atoms. The summed E-state index contributed by atoms with van der Waals surface area (Å²) in [5.74, 6) is 0. The second kappa shape index (κ2) is 4.76. The van der Waals surface area contributed by atoms with Crippen LogP contribution >= 0.6 is 11.3 Å². The van der Waals surface area contributed by atoms with Crippen LogP contribution in [0.3, 0.4) is 0 Å². The predicted octanol–water partition coefficient (Wildman–Crippen LogP) is 2.04. The van der Waals surface area contributed by atoms with Crippen LogP contribution in [0.4, 0.5) is 0 Å². The minimum absolute atomic E-state index is 0.334. The fourth-order valence-electron chi connectivity index (χ4n) is 1.51. The second-order valence-corrected chi connectivity index (χ2v) is 5.10. The molecule has 0 aliphatic rings. The summed E-state index contributed by atoms with van der Waals surface area (Å²) in [6.45, 7) is 5.01. The minimum Gasteiger partial charge on any atom is -0.304 e. The third kappa shape index (κ3) is 2.48. The number of aromatic nitrogens is 3. The topological polar surface area (TPSA) is 42.7 Å². The van der Waals surface area contributed by atoms with Crippen LogP contribution < -0.4 is 5.32 Å². The van der Waals surface area contributed by atoms with Crippen LogP contribution in [0.2, 0.25) is 0 Å². The molecule has 0 amide bonds. The van der Waals surface area contributed by atoms with Crippen LogP contribution in [0.15, 0.2) is 18.5 Å². The van der Waals surface area contributed by atoms with E-state index in [0.29, 0.717) is 6.04 Å². The first kappa shape index (κ1) is 11.3. The quantitative estimate of drug-likeness (QED) is 0.883. The van der Waals surface area contributed by atoms with Gasteiger partial charge in [-0.2, -0.15) is 5.10 Å². The molecule has 0 aliphatic carbocycles. The van der Waals surface area contributed by atoms with Gasteiger partial charge in [0, 0.05) is 36.9 Å². The molecule has 0 bridgehead atoms. The average Bonchev–Trinajstić information content (AvgIpc) is 2.84. The number of aryl methyl sites for hydroxylation is 2. The molecule has 1 N–H and O–H groups in total. The highest BCUT2D eigenvalue weighted by Gasteiger charge is 2.08. The number of rotatable bonds is 4. The van der Waals surface area contributed by atoms with Gasteiger partial charge in [0.05, 0.1) is 10.7 Å². The molecule has 2 aromatic rings. The average molecular weight is 236 g/mol. The Balaban J connectivity index is 1.93. The van der Waals surface area contributed by atoms with E-state index in [2.05, 4.69) is 22.3 Å². The number of hydrogen-bond donors (Lipinski definition) is 1. The Morgan fingerprint density at radius 1 is 1.56 bits per heavy atom. The molecule has 0 saturated heterocycles. The standard InChI is InChI=1S/C11H16N4S/c1-8(11-7-13-9(2)16-11)12-6-10-4-5-14-15(10)3/h4-5,7-8,12H,6H2,1-3H3. The summed E-state index contributed by atoms with van der Waals surface area (Å²) in [6.07, 6.45) is 3.76. The summed E-state index contributed by atoms with van der Waals surface area (Å²) >= 11 is 1.74. The summed E-state index contributed by atoms with van der Waals surface area (Å²) < 4.78 is 1.89. The molecule has 4 nitrogen and oxygen atoms in total. The molecule has 86 valence electrons. The van der Waals surface area contributed by atoms with Gasteiger partial charge in [-0.3, -0.25) is 4.68 Å². The fourth-order valence-corrected chi connectivity index (χ4v) is 2.32. The van der Waals surface area contributed by atoms with Gasteiger partial charge in [0.2, 0.25) is 0 Å². The van der Waals surface area contributed by atoms with Crippen molar-refractivity contribution < 1.29 is 0 Å². The predicted molar refractivity (Wildman–Crippen MR) is 65.3 cm³/mol. The van der Waals surface area contributed by atoms with Crippen LogP contribution in [0.25, 0.3) is 0 Å². The van der Waals surface area contributed by atoms with Gasteiger partial charge in [-0.15, -0.1) is 11.3 Å². The monoisotopic (exact) mass is 236 g/mol. The SMILES string of the molecule is Cc1ncc(C(C)NCc2ccnn2C)s1. The van der Waals surface area contributed by atoms with Gasteiger partial charge in [-0.05, 0) is 19.9 Å². The molecule has 2 aromatic heterocycles. The molecule has 0 saturated carbocycles.